The highest BCUT2D eigenvalue weighted by Gasteiger charge is 2.13. The zero-order chi connectivity index (χ0) is 13.6. The van der Waals surface area contributed by atoms with Gasteiger partial charge in [-0.1, -0.05) is 6.07 Å². The largest absolute Gasteiger partial charge is 0.379 e. The maximum absolute atomic E-state index is 5.38. The van der Waals surface area contributed by atoms with Gasteiger partial charge in [-0.2, -0.15) is 0 Å². The standard InChI is InChI=1S/C15H23N3O2.ClH/c1-2-14(12-17-4-8-19-9-5-17)16-15(3-1)13-18-6-10-20-11-7-18;/h1-3H,4-13H2;1H. The Balaban J connectivity index is 0.00000161. The van der Waals surface area contributed by atoms with Crippen molar-refractivity contribution in [2.24, 2.45) is 0 Å². The normalized spacial score (nSPS) is 21.0. The Morgan fingerprint density at radius 1 is 0.810 bits per heavy atom. The summed E-state index contributed by atoms with van der Waals surface area (Å²) in [5, 5.41) is 0. The summed E-state index contributed by atoms with van der Waals surface area (Å²) in [4.78, 5) is 9.61. The van der Waals surface area contributed by atoms with Gasteiger partial charge in [0.05, 0.1) is 37.8 Å². The predicted octanol–water partition coefficient (Wildman–Crippen LogP) is 1.17. The molecule has 0 amide bonds. The van der Waals surface area contributed by atoms with E-state index in [0.717, 1.165) is 77.1 Å². The second kappa shape index (κ2) is 8.66. The zero-order valence-corrected chi connectivity index (χ0v) is 13.2. The summed E-state index contributed by atoms with van der Waals surface area (Å²) in [7, 11) is 0. The van der Waals surface area contributed by atoms with Gasteiger partial charge < -0.3 is 9.47 Å². The molecular formula is C15H24ClN3O2. The summed E-state index contributed by atoms with van der Waals surface area (Å²) in [5.41, 5.74) is 2.33. The molecule has 21 heavy (non-hydrogen) atoms. The number of morpholine rings is 2. The van der Waals surface area contributed by atoms with Gasteiger partial charge in [-0.15, -0.1) is 12.4 Å². The quantitative estimate of drug-likeness (QED) is 0.834. The monoisotopic (exact) mass is 313 g/mol. The van der Waals surface area contributed by atoms with Crippen LogP contribution in [0.2, 0.25) is 0 Å². The number of nitrogens with zero attached hydrogens (tertiary/aromatic N) is 3. The predicted molar refractivity (Wildman–Crippen MR) is 83.7 cm³/mol. The van der Waals surface area contributed by atoms with Crippen molar-refractivity contribution in [3.05, 3.63) is 29.6 Å². The van der Waals surface area contributed by atoms with Crippen LogP contribution in [-0.4, -0.2) is 67.4 Å². The van der Waals surface area contributed by atoms with E-state index in [0.29, 0.717) is 0 Å². The molecule has 0 bridgehead atoms. The van der Waals surface area contributed by atoms with E-state index in [1.165, 1.54) is 0 Å². The van der Waals surface area contributed by atoms with Gasteiger partial charge in [0.15, 0.2) is 0 Å². The van der Waals surface area contributed by atoms with Crippen molar-refractivity contribution in [1.29, 1.82) is 0 Å². The minimum atomic E-state index is 0. The van der Waals surface area contributed by atoms with Gasteiger partial charge in [0.2, 0.25) is 0 Å². The molecule has 1 aromatic rings. The van der Waals surface area contributed by atoms with E-state index in [1.54, 1.807) is 0 Å². The Morgan fingerprint density at radius 3 is 1.67 bits per heavy atom. The van der Waals surface area contributed by atoms with Crippen LogP contribution in [0.4, 0.5) is 0 Å². The van der Waals surface area contributed by atoms with Crippen molar-refractivity contribution in [1.82, 2.24) is 14.8 Å². The average Bonchev–Trinajstić information content (AvgIpc) is 2.50. The lowest BCUT2D eigenvalue weighted by molar-refractivity contribution is 0.0323. The van der Waals surface area contributed by atoms with E-state index < -0.39 is 0 Å². The van der Waals surface area contributed by atoms with Crippen LogP contribution in [0, 0.1) is 0 Å². The zero-order valence-electron chi connectivity index (χ0n) is 12.4. The molecule has 0 unspecified atom stereocenters. The molecular weight excluding hydrogens is 290 g/mol. The van der Waals surface area contributed by atoms with Crippen LogP contribution in [0.15, 0.2) is 18.2 Å². The van der Waals surface area contributed by atoms with E-state index in [9.17, 15) is 0 Å². The van der Waals surface area contributed by atoms with Crippen LogP contribution in [-0.2, 0) is 22.6 Å². The van der Waals surface area contributed by atoms with Crippen LogP contribution in [0.25, 0.3) is 0 Å². The Kier molecular flexibility index (Phi) is 6.86. The number of pyridine rings is 1. The summed E-state index contributed by atoms with van der Waals surface area (Å²) >= 11 is 0. The molecule has 0 atom stereocenters. The van der Waals surface area contributed by atoms with E-state index in [-0.39, 0.29) is 12.4 Å². The van der Waals surface area contributed by atoms with E-state index in [2.05, 4.69) is 28.0 Å². The van der Waals surface area contributed by atoms with E-state index in [1.807, 2.05) is 0 Å². The number of hydrogen-bond donors (Lipinski definition) is 0. The fourth-order valence-electron chi connectivity index (χ4n) is 2.68. The maximum atomic E-state index is 5.38. The molecule has 6 heteroatoms. The fourth-order valence-corrected chi connectivity index (χ4v) is 2.68. The molecule has 2 aliphatic rings. The van der Waals surface area contributed by atoms with E-state index in [4.69, 9.17) is 14.5 Å². The third-order valence-corrected chi connectivity index (χ3v) is 3.84. The second-order valence-corrected chi connectivity index (χ2v) is 5.40. The minimum Gasteiger partial charge on any atom is -0.379 e. The van der Waals surface area contributed by atoms with Crippen molar-refractivity contribution in [3.63, 3.8) is 0 Å². The average molecular weight is 314 g/mol. The van der Waals surface area contributed by atoms with Crippen molar-refractivity contribution in [3.8, 4) is 0 Å². The third kappa shape index (κ3) is 5.20. The molecule has 3 heterocycles. The van der Waals surface area contributed by atoms with Gasteiger partial charge in [-0.3, -0.25) is 14.8 Å². The Labute approximate surface area is 132 Å². The lowest BCUT2D eigenvalue weighted by Gasteiger charge is -2.27. The molecule has 0 aromatic carbocycles. The topological polar surface area (TPSA) is 37.8 Å². The van der Waals surface area contributed by atoms with Crippen LogP contribution in [0.5, 0.6) is 0 Å². The molecule has 2 saturated heterocycles. The molecule has 0 aliphatic carbocycles. The van der Waals surface area contributed by atoms with Gasteiger partial charge in [-0.05, 0) is 12.1 Å². The van der Waals surface area contributed by atoms with Crippen molar-refractivity contribution < 1.29 is 9.47 Å². The second-order valence-electron chi connectivity index (χ2n) is 5.40. The van der Waals surface area contributed by atoms with Crippen LogP contribution in [0.1, 0.15) is 11.4 Å². The van der Waals surface area contributed by atoms with Gasteiger partial charge in [0.1, 0.15) is 0 Å². The van der Waals surface area contributed by atoms with Gasteiger partial charge in [0.25, 0.3) is 0 Å². The van der Waals surface area contributed by atoms with Crippen LogP contribution in [0.3, 0.4) is 0 Å². The first-order valence-corrected chi connectivity index (χ1v) is 7.45. The summed E-state index contributed by atoms with van der Waals surface area (Å²) in [6, 6.07) is 6.37. The molecule has 2 fully saturated rings. The maximum Gasteiger partial charge on any atom is 0.0594 e. The SMILES string of the molecule is Cl.c1cc(CN2CCOCC2)nc(CN2CCOCC2)c1. The smallest absolute Gasteiger partial charge is 0.0594 e. The van der Waals surface area contributed by atoms with Gasteiger partial charge in [-0.25, -0.2) is 0 Å². The summed E-state index contributed by atoms with van der Waals surface area (Å²) < 4.78 is 10.8. The molecule has 0 N–H and O–H groups in total. The number of rotatable bonds is 4. The van der Waals surface area contributed by atoms with Crippen LogP contribution < -0.4 is 0 Å². The first-order chi connectivity index (χ1) is 9.90. The van der Waals surface area contributed by atoms with Crippen molar-refractivity contribution in [2.75, 3.05) is 52.6 Å². The molecule has 1 aromatic heterocycles. The minimum absolute atomic E-state index is 0. The van der Waals surface area contributed by atoms with Gasteiger partial charge in [0, 0.05) is 39.3 Å². The van der Waals surface area contributed by atoms with Gasteiger partial charge >= 0.3 is 0 Å². The lowest BCUT2D eigenvalue weighted by Crippen LogP contribution is -2.36. The highest BCUT2D eigenvalue weighted by atomic mass is 35.5. The Hall–Kier alpha value is -0.720. The third-order valence-electron chi connectivity index (χ3n) is 3.84. The van der Waals surface area contributed by atoms with Crippen molar-refractivity contribution in [2.45, 2.75) is 13.1 Å². The first kappa shape index (κ1) is 16.6. The number of aromatic nitrogens is 1. The molecule has 0 saturated carbocycles. The lowest BCUT2D eigenvalue weighted by atomic mass is 10.2. The highest BCUT2D eigenvalue weighted by molar-refractivity contribution is 5.85. The van der Waals surface area contributed by atoms with Crippen LogP contribution >= 0.6 is 12.4 Å². The molecule has 5 nitrogen and oxygen atoms in total. The number of halogens is 1. The Bertz CT molecular complexity index is 386. The molecule has 0 spiro atoms. The molecule has 3 rings (SSSR count). The molecule has 118 valence electrons. The fraction of sp³-hybridized carbons (Fsp3) is 0.667. The van der Waals surface area contributed by atoms with Crippen molar-refractivity contribution >= 4 is 12.4 Å². The van der Waals surface area contributed by atoms with E-state index >= 15 is 0 Å². The Morgan fingerprint density at radius 2 is 1.24 bits per heavy atom. The summed E-state index contributed by atoms with van der Waals surface area (Å²) in [5.74, 6) is 0. The summed E-state index contributed by atoms with van der Waals surface area (Å²) in [6.45, 7) is 9.26. The molecule has 2 aliphatic heterocycles. The highest BCUT2D eigenvalue weighted by Crippen LogP contribution is 2.09. The first-order valence-electron chi connectivity index (χ1n) is 7.45. The molecule has 0 radical (unpaired) electrons. The number of ether oxygens (including phenoxy) is 2. The summed E-state index contributed by atoms with van der Waals surface area (Å²) in [6.07, 6.45) is 0. The number of hydrogen-bond acceptors (Lipinski definition) is 5.